The van der Waals surface area contributed by atoms with Gasteiger partial charge in [-0.25, -0.2) is 4.57 Å². The summed E-state index contributed by atoms with van der Waals surface area (Å²) in [5.74, 6) is -0.147. The van der Waals surface area contributed by atoms with E-state index in [0.29, 0.717) is 23.9 Å². The van der Waals surface area contributed by atoms with Gasteiger partial charge in [0, 0.05) is 6.42 Å². The number of allylic oxidation sites excluding steroid dienone is 2. The molecule has 3 unspecified atom stereocenters. The quantitative estimate of drug-likeness (QED) is 0.0243. The highest BCUT2D eigenvalue weighted by Gasteiger charge is 2.28. The lowest BCUT2D eigenvalue weighted by Crippen LogP contribution is -2.46. The number of carbonyl (C=O) groups excluding carboxylic acids is 1. The molecule has 0 saturated carbocycles. The van der Waals surface area contributed by atoms with E-state index in [9.17, 15) is 19.4 Å². The Morgan fingerprint density at radius 2 is 0.900 bits per heavy atom. The molecule has 8 nitrogen and oxygen atoms in total. The zero-order valence-electron chi connectivity index (χ0n) is 40.7. The normalized spacial score (nSPS) is 14.2. The molecule has 0 spiro atoms. The van der Waals surface area contributed by atoms with Crippen LogP contribution in [0.1, 0.15) is 258 Å². The summed E-state index contributed by atoms with van der Waals surface area (Å²) in [5, 5.41) is 13.8. The number of carbonyl (C=O) groups is 1. The molecule has 0 aromatic rings. The highest BCUT2D eigenvalue weighted by atomic mass is 31.2. The first kappa shape index (κ1) is 59.2. The Labute approximate surface area is 373 Å². The lowest BCUT2D eigenvalue weighted by Gasteiger charge is -2.26. The van der Waals surface area contributed by atoms with Crippen LogP contribution in [-0.4, -0.2) is 73.4 Å². The van der Waals surface area contributed by atoms with Gasteiger partial charge in [0.2, 0.25) is 5.91 Å². The molecule has 3 atom stereocenters. The number of phosphoric ester groups is 1. The van der Waals surface area contributed by atoms with E-state index in [-0.39, 0.29) is 19.1 Å². The number of likely N-dealkylation sites (N-methyl/N-ethyl adjacent to an activating group) is 1. The van der Waals surface area contributed by atoms with Crippen LogP contribution in [0.3, 0.4) is 0 Å². The monoisotopic (exact) mass is 872 g/mol. The molecule has 0 aromatic carbocycles. The minimum Gasteiger partial charge on any atom is -0.391 e. The minimum absolute atomic E-state index is 0.0764. The summed E-state index contributed by atoms with van der Waals surface area (Å²) in [5.41, 5.74) is 0. The number of hydrogen-bond acceptors (Lipinski definition) is 5. The van der Waals surface area contributed by atoms with Crippen molar-refractivity contribution in [3.63, 3.8) is 0 Å². The number of rotatable bonds is 48. The summed E-state index contributed by atoms with van der Waals surface area (Å²) in [6, 6.07) is -0.752. The largest absolute Gasteiger partial charge is 0.472 e. The molecule has 0 aliphatic rings. The van der Waals surface area contributed by atoms with Gasteiger partial charge in [0.25, 0.3) is 0 Å². The molecule has 60 heavy (non-hydrogen) atoms. The van der Waals surface area contributed by atoms with Crippen molar-refractivity contribution in [3.8, 4) is 0 Å². The summed E-state index contributed by atoms with van der Waals surface area (Å²) in [6.07, 6.45) is 51.9. The first-order valence-corrected chi connectivity index (χ1v) is 27.5. The van der Waals surface area contributed by atoms with Crippen molar-refractivity contribution < 1.29 is 32.9 Å². The van der Waals surface area contributed by atoms with Gasteiger partial charge in [0.15, 0.2) is 0 Å². The van der Waals surface area contributed by atoms with E-state index in [1.807, 2.05) is 21.1 Å². The van der Waals surface area contributed by atoms with E-state index in [1.54, 1.807) is 0 Å². The molecule has 1 amide bonds. The molecule has 9 heteroatoms. The molecule has 0 aliphatic heterocycles. The number of quaternary nitrogens is 1. The molecular formula is C51H104N2O6P+. The van der Waals surface area contributed by atoms with Crippen molar-refractivity contribution >= 4 is 13.7 Å². The van der Waals surface area contributed by atoms with Gasteiger partial charge < -0.3 is 19.8 Å². The number of unbranched alkanes of at least 4 members (excludes halogenated alkanes) is 33. The molecule has 0 aromatic heterocycles. The second-order valence-electron chi connectivity index (χ2n) is 19.3. The van der Waals surface area contributed by atoms with Crippen LogP contribution in [0.4, 0.5) is 0 Å². The summed E-state index contributed by atoms with van der Waals surface area (Å²) in [7, 11) is 1.62. The van der Waals surface area contributed by atoms with Gasteiger partial charge in [0.1, 0.15) is 13.2 Å². The Morgan fingerprint density at radius 3 is 1.28 bits per heavy atom. The van der Waals surface area contributed by atoms with Crippen molar-refractivity contribution in [1.29, 1.82) is 0 Å². The maximum absolute atomic E-state index is 12.8. The van der Waals surface area contributed by atoms with E-state index in [2.05, 4.69) is 31.3 Å². The third kappa shape index (κ3) is 45.3. The SMILES string of the molecule is CCCCCCCCCC/C=C\CCCCCCCCCCCCCCCCCCCCCCCC(=O)NC(COP(=O)(O)OCC[N+](C)(C)C)C(O)CCCCCCC. The first-order chi connectivity index (χ1) is 29.0. The van der Waals surface area contributed by atoms with Crippen LogP contribution in [0.5, 0.6) is 0 Å². The Morgan fingerprint density at radius 1 is 0.550 bits per heavy atom. The minimum atomic E-state index is -4.30. The average molecular weight is 872 g/mol. The lowest BCUT2D eigenvalue weighted by molar-refractivity contribution is -0.870. The van der Waals surface area contributed by atoms with Crippen LogP contribution >= 0.6 is 7.82 Å². The lowest BCUT2D eigenvalue weighted by atomic mass is 10.0. The van der Waals surface area contributed by atoms with Crippen LogP contribution in [0, 0.1) is 0 Å². The van der Waals surface area contributed by atoms with Crippen molar-refractivity contribution in [2.45, 2.75) is 270 Å². The van der Waals surface area contributed by atoms with E-state index >= 15 is 0 Å². The maximum atomic E-state index is 12.8. The van der Waals surface area contributed by atoms with Gasteiger partial charge in [-0.15, -0.1) is 0 Å². The summed E-state index contributed by atoms with van der Waals surface area (Å²) < 4.78 is 23.5. The van der Waals surface area contributed by atoms with E-state index < -0.39 is 20.0 Å². The number of amides is 1. The molecule has 3 N–H and O–H groups in total. The van der Waals surface area contributed by atoms with E-state index in [0.717, 1.165) is 51.4 Å². The van der Waals surface area contributed by atoms with Gasteiger partial charge >= 0.3 is 7.82 Å². The van der Waals surface area contributed by atoms with Gasteiger partial charge in [-0.2, -0.15) is 0 Å². The standard InChI is InChI=1S/C51H103N2O6P/c1-6-8-10-12-13-14-15-16-17-18-19-20-21-22-23-24-25-26-27-28-29-30-31-32-33-34-35-36-37-38-39-41-43-45-51(55)52-49(50(54)44-42-40-11-9-7-2)48-59-60(56,57)58-47-46-53(3,4)5/h18-19,49-50,54H,6-17,20-48H2,1-5H3,(H-,52,55,56,57)/p+1/b19-18-. The number of aliphatic hydroxyl groups excluding tert-OH is 1. The van der Waals surface area contributed by atoms with Gasteiger partial charge in [0.05, 0.1) is 39.9 Å². The summed E-state index contributed by atoms with van der Waals surface area (Å²) in [6.45, 7) is 4.82. The Hall–Kier alpha value is -0.760. The molecule has 0 saturated heterocycles. The molecular weight excluding hydrogens is 768 g/mol. The first-order valence-electron chi connectivity index (χ1n) is 26.1. The van der Waals surface area contributed by atoms with Gasteiger partial charge in [-0.3, -0.25) is 13.8 Å². The third-order valence-corrected chi connectivity index (χ3v) is 13.0. The topological polar surface area (TPSA) is 105 Å². The number of nitrogens with zero attached hydrogens (tertiary/aromatic N) is 1. The summed E-state index contributed by atoms with van der Waals surface area (Å²) >= 11 is 0. The second-order valence-corrected chi connectivity index (χ2v) is 20.7. The van der Waals surface area contributed by atoms with Crippen molar-refractivity contribution in [1.82, 2.24) is 5.32 Å². The third-order valence-electron chi connectivity index (χ3n) is 12.0. The smallest absolute Gasteiger partial charge is 0.391 e. The maximum Gasteiger partial charge on any atom is 0.472 e. The predicted molar refractivity (Wildman–Crippen MR) is 259 cm³/mol. The fourth-order valence-electron chi connectivity index (χ4n) is 7.87. The Kier molecular flexibility index (Phi) is 42.9. The van der Waals surface area contributed by atoms with Crippen molar-refractivity contribution in [2.75, 3.05) is 40.9 Å². The zero-order valence-corrected chi connectivity index (χ0v) is 41.6. The van der Waals surface area contributed by atoms with Crippen LogP contribution in [0.25, 0.3) is 0 Å². The highest BCUT2D eigenvalue weighted by Crippen LogP contribution is 2.43. The molecule has 0 heterocycles. The van der Waals surface area contributed by atoms with E-state index in [4.69, 9.17) is 9.05 Å². The van der Waals surface area contributed by atoms with Gasteiger partial charge in [-0.05, 0) is 38.5 Å². The zero-order chi connectivity index (χ0) is 44.3. The molecule has 358 valence electrons. The van der Waals surface area contributed by atoms with Crippen LogP contribution in [0.15, 0.2) is 12.2 Å². The highest BCUT2D eigenvalue weighted by molar-refractivity contribution is 7.47. The van der Waals surface area contributed by atoms with Crippen LogP contribution in [0.2, 0.25) is 0 Å². The Bertz CT molecular complexity index is 989. The van der Waals surface area contributed by atoms with Crippen molar-refractivity contribution in [3.05, 3.63) is 12.2 Å². The molecule has 0 fully saturated rings. The summed E-state index contributed by atoms with van der Waals surface area (Å²) in [4.78, 5) is 23.0. The molecule has 0 aliphatic carbocycles. The van der Waals surface area contributed by atoms with E-state index in [1.165, 1.54) is 180 Å². The fraction of sp³-hybridized carbons (Fsp3) is 0.941. The van der Waals surface area contributed by atoms with Crippen LogP contribution < -0.4 is 5.32 Å². The average Bonchev–Trinajstić information content (AvgIpc) is 3.20. The number of hydrogen-bond donors (Lipinski definition) is 3. The second kappa shape index (κ2) is 43.5. The van der Waals surface area contributed by atoms with Gasteiger partial charge in [-0.1, -0.05) is 225 Å². The number of nitrogens with one attached hydrogen (secondary N) is 1. The fourth-order valence-corrected chi connectivity index (χ4v) is 8.60. The predicted octanol–water partition coefficient (Wildman–Crippen LogP) is 15.1. The Balaban J connectivity index is 3.74. The molecule has 0 rings (SSSR count). The van der Waals surface area contributed by atoms with Crippen LogP contribution in [-0.2, 0) is 18.4 Å². The number of phosphoric acid groups is 1. The molecule has 0 bridgehead atoms. The number of aliphatic hydroxyl groups is 1. The molecule has 0 radical (unpaired) electrons. The van der Waals surface area contributed by atoms with Crippen molar-refractivity contribution in [2.24, 2.45) is 0 Å².